The summed E-state index contributed by atoms with van der Waals surface area (Å²) in [6.45, 7) is 9.30. The number of ketones is 1. The Morgan fingerprint density at radius 3 is 2.28 bits per heavy atom. The van der Waals surface area contributed by atoms with Crippen LogP contribution in [0, 0.1) is 5.41 Å². The predicted octanol–water partition coefficient (Wildman–Crippen LogP) is 4.74. The third-order valence-electron chi connectivity index (χ3n) is 5.31. The van der Waals surface area contributed by atoms with Gasteiger partial charge in [0.15, 0.2) is 5.78 Å². The molecule has 0 radical (unpaired) electrons. The van der Waals surface area contributed by atoms with Crippen molar-refractivity contribution in [1.82, 2.24) is 0 Å². The maximum atomic E-state index is 13.0. The number of benzene rings is 1. The molecule has 2 heterocycles. The van der Waals surface area contributed by atoms with Crippen LogP contribution in [0.1, 0.15) is 71.7 Å². The zero-order chi connectivity index (χ0) is 23.8. The number of ether oxygens (including phenoxy) is 2. The Hall–Kier alpha value is -3.13. The van der Waals surface area contributed by atoms with Crippen LogP contribution in [-0.4, -0.2) is 31.4 Å². The van der Waals surface area contributed by atoms with Gasteiger partial charge in [0.2, 0.25) is 0 Å². The number of esters is 2. The first kappa shape index (κ1) is 23.5. The van der Waals surface area contributed by atoms with Crippen molar-refractivity contribution < 1.29 is 23.9 Å². The van der Waals surface area contributed by atoms with Gasteiger partial charge in [-0.3, -0.25) is 4.79 Å². The molecule has 1 aliphatic rings. The number of anilines is 2. The highest BCUT2D eigenvalue weighted by Gasteiger charge is 2.39. The third kappa shape index (κ3) is 4.14. The summed E-state index contributed by atoms with van der Waals surface area (Å²) < 4.78 is 10.1. The number of thiophene rings is 1. The van der Waals surface area contributed by atoms with Gasteiger partial charge in [0.25, 0.3) is 0 Å². The topological polar surface area (TPSA) is 108 Å². The van der Waals surface area contributed by atoms with Gasteiger partial charge in [0, 0.05) is 22.6 Å². The van der Waals surface area contributed by atoms with Gasteiger partial charge in [0.05, 0.1) is 40.4 Å². The summed E-state index contributed by atoms with van der Waals surface area (Å²) in [6.07, 6.45) is 0. The van der Waals surface area contributed by atoms with Gasteiger partial charge in [-0.25, -0.2) is 9.59 Å². The van der Waals surface area contributed by atoms with Gasteiger partial charge in [-0.15, -0.1) is 11.3 Å². The number of fused-ring (bicyclic) bond motifs is 1. The van der Waals surface area contributed by atoms with Crippen molar-refractivity contribution in [3.8, 4) is 0 Å². The molecule has 3 N–H and O–H groups in total. The molecule has 0 bridgehead atoms. The second kappa shape index (κ2) is 8.78. The molecule has 0 fully saturated rings. The van der Waals surface area contributed by atoms with Crippen LogP contribution < -0.4 is 11.1 Å². The van der Waals surface area contributed by atoms with Crippen LogP contribution in [0.4, 0.5) is 10.7 Å². The summed E-state index contributed by atoms with van der Waals surface area (Å²) in [6, 6.07) is 6.82. The zero-order valence-corrected chi connectivity index (χ0v) is 19.9. The molecule has 0 aliphatic carbocycles. The highest BCUT2D eigenvalue weighted by atomic mass is 32.1. The van der Waals surface area contributed by atoms with E-state index in [0.717, 1.165) is 10.6 Å². The molecule has 0 spiro atoms. The minimum Gasteiger partial charge on any atom is -0.465 e. The predicted molar refractivity (Wildman–Crippen MR) is 125 cm³/mol. The van der Waals surface area contributed by atoms with E-state index >= 15 is 0 Å². The van der Waals surface area contributed by atoms with Crippen LogP contribution in [-0.2, 0) is 14.3 Å². The molecule has 7 nitrogen and oxygen atoms in total. The number of allylic oxidation sites excluding steroid dienone is 1. The Morgan fingerprint density at radius 1 is 1.12 bits per heavy atom. The van der Waals surface area contributed by atoms with E-state index in [9.17, 15) is 14.4 Å². The molecule has 2 aromatic rings. The molecule has 1 unspecified atom stereocenters. The molecular formula is C24H28N2O5S. The standard InChI is InChI=1S/C24H28N2O5S/c1-7-31-23(29)15-12(2)26-21-17(18(25)19(32-21)20(27)24(3,4)5)16(15)13-8-10-14(11-9-13)22(28)30-6/h8-11,16,26H,7,25H2,1-6H3. The first-order valence-electron chi connectivity index (χ1n) is 10.3. The van der Waals surface area contributed by atoms with E-state index in [4.69, 9.17) is 15.2 Å². The van der Waals surface area contributed by atoms with E-state index in [2.05, 4.69) is 5.32 Å². The van der Waals surface area contributed by atoms with E-state index in [1.807, 2.05) is 20.8 Å². The molecule has 0 amide bonds. The van der Waals surface area contributed by atoms with Crippen LogP contribution in [0.15, 0.2) is 35.5 Å². The third-order valence-corrected chi connectivity index (χ3v) is 6.45. The lowest BCUT2D eigenvalue weighted by Gasteiger charge is -2.28. The Kier molecular flexibility index (Phi) is 6.46. The monoisotopic (exact) mass is 456 g/mol. The molecule has 0 saturated carbocycles. The molecule has 1 aromatic carbocycles. The number of carbonyl (C=O) groups is 3. The van der Waals surface area contributed by atoms with Crippen molar-refractivity contribution in [3.05, 3.63) is 57.1 Å². The van der Waals surface area contributed by atoms with Crippen LogP contribution in [0.2, 0.25) is 0 Å². The van der Waals surface area contributed by atoms with Gasteiger partial charge in [0.1, 0.15) is 0 Å². The van der Waals surface area contributed by atoms with Crippen molar-refractivity contribution in [3.63, 3.8) is 0 Å². The summed E-state index contributed by atoms with van der Waals surface area (Å²) >= 11 is 1.29. The van der Waals surface area contributed by atoms with Crippen molar-refractivity contribution >= 4 is 39.7 Å². The van der Waals surface area contributed by atoms with Crippen LogP contribution in [0.25, 0.3) is 0 Å². The Bertz CT molecular complexity index is 1110. The maximum absolute atomic E-state index is 13.0. The maximum Gasteiger partial charge on any atom is 0.337 e. The van der Waals surface area contributed by atoms with E-state index in [1.165, 1.54) is 18.4 Å². The van der Waals surface area contributed by atoms with Crippen molar-refractivity contribution in [2.24, 2.45) is 5.41 Å². The first-order chi connectivity index (χ1) is 15.0. The largest absolute Gasteiger partial charge is 0.465 e. The van der Waals surface area contributed by atoms with E-state index < -0.39 is 23.3 Å². The first-order valence-corrected chi connectivity index (χ1v) is 11.1. The molecule has 8 heteroatoms. The summed E-state index contributed by atoms with van der Waals surface area (Å²) in [5, 5.41) is 3.97. The number of rotatable bonds is 5. The normalized spacial score (nSPS) is 15.6. The summed E-state index contributed by atoms with van der Waals surface area (Å²) in [4.78, 5) is 38.3. The fourth-order valence-electron chi connectivity index (χ4n) is 3.69. The zero-order valence-electron chi connectivity index (χ0n) is 19.1. The lowest BCUT2D eigenvalue weighted by atomic mass is 9.81. The Morgan fingerprint density at radius 2 is 1.75 bits per heavy atom. The van der Waals surface area contributed by atoms with Crippen LogP contribution in [0.5, 0.6) is 0 Å². The number of carbonyl (C=O) groups excluding carboxylic acids is 3. The van der Waals surface area contributed by atoms with E-state index in [0.29, 0.717) is 33.0 Å². The molecule has 0 saturated heterocycles. The summed E-state index contributed by atoms with van der Waals surface area (Å²) in [5.41, 5.74) is 9.15. The fraction of sp³-hybridized carbons (Fsp3) is 0.375. The van der Waals surface area contributed by atoms with Crippen molar-refractivity contribution in [2.75, 3.05) is 24.8 Å². The summed E-state index contributed by atoms with van der Waals surface area (Å²) in [7, 11) is 1.32. The number of Topliss-reactive ketones (excluding diaryl/α,β-unsaturated/α-hetero) is 1. The molecule has 32 heavy (non-hydrogen) atoms. The van der Waals surface area contributed by atoms with Crippen molar-refractivity contribution in [2.45, 2.75) is 40.5 Å². The molecular weight excluding hydrogens is 428 g/mol. The smallest absolute Gasteiger partial charge is 0.337 e. The highest BCUT2D eigenvalue weighted by molar-refractivity contribution is 7.19. The van der Waals surface area contributed by atoms with Gasteiger partial charge >= 0.3 is 11.9 Å². The van der Waals surface area contributed by atoms with Gasteiger partial charge < -0.3 is 20.5 Å². The quantitative estimate of drug-likeness (QED) is 0.494. The number of nitrogen functional groups attached to an aromatic ring is 1. The number of nitrogens with two attached hydrogens (primary N) is 1. The second-order valence-corrected chi connectivity index (χ2v) is 9.62. The minimum absolute atomic E-state index is 0.0636. The van der Waals surface area contributed by atoms with Crippen molar-refractivity contribution in [1.29, 1.82) is 0 Å². The number of nitrogens with one attached hydrogen (secondary N) is 1. The minimum atomic E-state index is -0.605. The summed E-state index contributed by atoms with van der Waals surface area (Å²) in [5.74, 6) is -1.52. The van der Waals surface area contributed by atoms with Gasteiger partial charge in [-0.05, 0) is 31.5 Å². The Labute approximate surface area is 191 Å². The highest BCUT2D eigenvalue weighted by Crippen LogP contribution is 2.51. The number of methoxy groups -OCH3 is 1. The Balaban J connectivity index is 2.21. The van der Waals surface area contributed by atoms with Gasteiger partial charge in [-0.1, -0.05) is 32.9 Å². The van der Waals surface area contributed by atoms with Gasteiger partial charge in [-0.2, -0.15) is 0 Å². The molecule has 3 rings (SSSR count). The lowest BCUT2D eigenvalue weighted by Crippen LogP contribution is -2.24. The molecule has 1 aromatic heterocycles. The number of hydrogen-bond donors (Lipinski definition) is 2. The second-order valence-electron chi connectivity index (χ2n) is 8.60. The molecule has 1 aliphatic heterocycles. The van der Waals surface area contributed by atoms with Crippen LogP contribution in [0.3, 0.4) is 0 Å². The lowest BCUT2D eigenvalue weighted by molar-refractivity contribution is -0.138. The average Bonchev–Trinajstić information content (AvgIpc) is 3.06. The van der Waals surface area contributed by atoms with Crippen LogP contribution >= 0.6 is 11.3 Å². The van der Waals surface area contributed by atoms with E-state index in [-0.39, 0.29) is 12.4 Å². The molecule has 1 atom stereocenters. The fourth-order valence-corrected chi connectivity index (χ4v) is 5.05. The van der Waals surface area contributed by atoms with E-state index in [1.54, 1.807) is 38.1 Å². The molecule has 170 valence electrons. The number of hydrogen-bond acceptors (Lipinski definition) is 8. The average molecular weight is 457 g/mol. The SMILES string of the molecule is CCOC(=O)C1=C(C)Nc2sc(C(=O)C(C)(C)C)c(N)c2C1c1ccc(C(=O)OC)cc1.